The highest BCUT2D eigenvalue weighted by molar-refractivity contribution is 6.40. The van der Waals surface area contributed by atoms with Crippen molar-refractivity contribution in [1.29, 1.82) is 0 Å². The van der Waals surface area contributed by atoms with E-state index in [0.29, 0.717) is 11.2 Å². The van der Waals surface area contributed by atoms with Crippen molar-refractivity contribution in [3.63, 3.8) is 0 Å². The molecule has 1 aromatic heterocycles. The summed E-state index contributed by atoms with van der Waals surface area (Å²) in [5.74, 6) is -1.39. The van der Waals surface area contributed by atoms with Gasteiger partial charge in [0, 0.05) is 18.6 Å². The summed E-state index contributed by atoms with van der Waals surface area (Å²) in [4.78, 5) is 26.7. The van der Waals surface area contributed by atoms with Crippen LogP contribution < -0.4 is 10.6 Å². The first-order valence-electron chi connectivity index (χ1n) is 5.09. The summed E-state index contributed by atoms with van der Waals surface area (Å²) in [6.45, 7) is 0. The fraction of sp³-hybridized carbons (Fsp3) is 0.0833. The lowest BCUT2D eigenvalue weighted by Gasteiger charge is -2.06. The average Bonchev–Trinajstić information content (AvgIpc) is 2.38. The molecule has 1 heterocycles. The number of hydrogen-bond acceptors (Lipinski definition) is 3. The van der Waals surface area contributed by atoms with Gasteiger partial charge in [-0.2, -0.15) is 0 Å². The molecule has 0 aliphatic heterocycles. The topological polar surface area (TPSA) is 71.1 Å². The van der Waals surface area contributed by atoms with Crippen molar-refractivity contribution >= 4 is 28.4 Å². The van der Waals surface area contributed by atoms with Crippen LogP contribution in [0.4, 0.5) is 5.69 Å². The monoisotopic (exact) mass is 229 g/mol. The van der Waals surface area contributed by atoms with Gasteiger partial charge in [0.15, 0.2) is 0 Å². The molecule has 5 nitrogen and oxygen atoms in total. The molecule has 0 aliphatic carbocycles. The maximum atomic E-state index is 11.4. The molecule has 0 unspecified atom stereocenters. The van der Waals surface area contributed by atoms with Crippen molar-refractivity contribution in [3.05, 3.63) is 36.5 Å². The largest absolute Gasteiger partial charge is 0.351 e. The summed E-state index contributed by atoms with van der Waals surface area (Å²) < 4.78 is 0. The van der Waals surface area contributed by atoms with Crippen molar-refractivity contribution in [2.75, 3.05) is 12.4 Å². The second kappa shape index (κ2) is 4.61. The molecule has 0 bridgehead atoms. The third-order valence-electron chi connectivity index (χ3n) is 2.31. The zero-order valence-electron chi connectivity index (χ0n) is 9.23. The quantitative estimate of drug-likeness (QED) is 0.714. The molecule has 0 fully saturated rings. The summed E-state index contributed by atoms with van der Waals surface area (Å²) in [5, 5.41) is 5.69. The number of likely N-dealkylation sites (N-methyl/N-ethyl adjacent to an activating group) is 1. The third-order valence-corrected chi connectivity index (χ3v) is 2.31. The SMILES string of the molecule is CNC(=O)C(=O)Nc1cccc2cccnc12. The number of para-hydroxylation sites is 1. The Morgan fingerprint density at radius 1 is 1.12 bits per heavy atom. The Hall–Kier alpha value is -2.43. The number of fused-ring (bicyclic) bond motifs is 1. The number of hydrogen-bond donors (Lipinski definition) is 2. The second-order valence-electron chi connectivity index (χ2n) is 3.41. The first-order valence-corrected chi connectivity index (χ1v) is 5.09. The van der Waals surface area contributed by atoms with Crippen LogP contribution in [0.15, 0.2) is 36.5 Å². The van der Waals surface area contributed by atoms with E-state index in [1.165, 1.54) is 7.05 Å². The Labute approximate surface area is 97.9 Å². The Balaban J connectivity index is 2.36. The van der Waals surface area contributed by atoms with Crippen molar-refractivity contribution in [2.45, 2.75) is 0 Å². The van der Waals surface area contributed by atoms with Gasteiger partial charge in [0.25, 0.3) is 0 Å². The normalized spacial score (nSPS) is 9.94. The van der Waals surface area contributed by atoms with Gasteiger partial charge in [-0.25, -0.2) is 0 Å². The number of amides is 2. The Morgan fingerprint density at radius 3 is 2.65 bits per heavy atom. The molecule has 5 heteroatoms. The van der Waals surface area contributed by atoms with Crippen LogP contribution in [0.2, 0.25) is 0 Å². The van der Waals surface area contributed by atoms with Crippen LogP contribution in [0.25, 0.3) is 10.9 Å². The van der Waals surface area contributed by atoms with Crippen LogP contribution in [0.1, 0.15) is 0 Å². The Morgan fingerprint density at radius 2 is 1.88 bits per heavy atom. The zero-order valence-corrected chi connectivity index (χ0v) is 9.23. The predicted octanol–water partition coefficient (Wildman–Crippen LogP) is 0.919. The minimum Gasteiger partial charge on any atom is -0.351 e. The molecule has 0 radical (unpaired) electrons. The van der Waals surface area contributed by atoms with Crippen LogP contribution in [-0.4, -0.2) is 23.8 Å². The van der Waals surface area contributed by atoms with Gasteiger partial charge in [0.2, 0.25) is 0 Å². The van der Waals surface area contributed by atoms with Gasteiger partial charge in [-0.3, -0.25) is 14.6 Å². The fourth-order valence-electron chi connectivity index (χ4n) is 1.50. The molecule has 0 saturated carbocycles. The average molecular weight is 229 g/mol. The standard InChI is InChI=1S/C12H11N3O2/c1-13-11(16)12(17)15-9-6-2-4-8-5-3-7-14-10(8)9/h2-7H,1H3,(H,13,16)(H,15,17). The summed E-state index contributed by atoms with van der Waals surface area (Å²) in [6.07, 6.45) is 1.64. The number of nitrogens with zero attached hydrogens (tertiary/aromatic N) is 1. The molecule has 86 valence electrons. The van der Waals surface area contributed by atoms with E-state index in [-0.39, 0.29) is 0 Å². The molecule has 0 spiro atoms. The van der Waals surface area contributed by atoms with Crippen LogP contribution in [0.5, 0.6) is 0 Å². The number of pyridine rings is 1. The maximum absolute atomic E-state index is 11.4. The van der Waals surface area contributed by atoms with Crippen LogP contribution in [-0.2, 0) is 9.59 Å². The number of carbonyl (C=O) groups excluding carboxylic acids is 2. The molecule has 2 amide bonds. The number of carbonyl (C=O) groups is 2. The minimum atomic E-state index is -0.703. The van der Waals surface area contributed by atoms with Crippen molar-refractivity contribution < 1.29 is 9.59 Å². The third kappa shape index (κ3) is 2.23. The molecule has 2 N–H and O–H groups in total. The summed E-state index contributed by atoms with van der Waals surface area (Å²) >= 11 is 0. The number of rotatable bonds is 1. The smallest absolute Gasteiger partial charge is 0.313 e. The van der Waals surface area contributed by atoms with Gasteiger partial charge in [-0.15, -0.1) is 0 Å². The van der Waals surface area contributed by atoms with E-state index in [9.17, 15) is 9.59 Å². The summed E-state index contributed by atoms with van der Waals surface area (Å²) in [5.41, 5.74) is 1.18. The van der Waals surface area contributed by atoms with Gasteiger partial charge in [0.05, 0.1) is 11.2 Å². The molecule has 0 atom stereocenters. The van der Waals surface area contributed by atoms with E-state index < -0.39 is 11.8 Å². The summed E-state index contributed by atoms with van der Waals surface area (Å²) in [7, 11) is 1.41. The van der Waals surface area contributed by atoms with Gasteiger partial charge < -0.3 is 10.6 Å². The lowest BCUT2D eigenvalue weighted by atomic mass is 10.2. The number of nitrogens with one attached hydrogen (secondary N) is 2. The minimum absolute atomic E-state index is 0.525. The molecule has 2 rings (SSSR count). The first-order chi connectivity index (χ1) is 8.22. The highest BCUT2D eigenvalue weighted by atomic mass is 16.2. The van der Waals surface area contributed by atoms with Gasteiger partial charge in [0.1, 0.15) is 0 Å². The molecular formula is C12H11N3O2. The lowest BCUT2D eigenvalue weighted by Crippen LogP contribution is -2.32. The van der Waals surface area contributed by atoms with Crippen LogP contribution in [0, 0.1) is 0 Å². The van der Waals surface area contributed by atoms with E-state index in [4.69, 9.17) is 0 Å². The van der Waals surface area contributed by atoms with E-state index in [1.807, 2.05) is 18.2 Å². The van der Waals surface area contributed by atoms with Crippen LogP contribution in [0.3, 0.4) is 0 Å². The first kappa shape index (κ1) is 11.1. The van der Waals surface area contributed by atoms with E-state index in [1.54, 1.807) is 18.3 Å². The van der Waals surface area contributed by atoms with Gasteiger partial charge >= 0.3 is 11.8 Å². The number of benzene rings is 1. The highest BCUT2D eigenvalue weighted by Crippen LogP contribution is 2.20. The molecule has 2 aromatic rings. The van der Waals surface area contributed by atoms with Crippen molar-refractivity contribution in [1.82, 2.24) is 10.3 Å². The van der Waals surface area contributed by atoms with E-state index in [2.05, 4.69) is 15.6 Å². The highest BCUT2D eigenvalue weighted by Gasteiger charge is 2.12. The predicted molar refractivity (Wildman–Crippen MR) is 64.4 cm³/mol. The van der Waals surface area contributed by atoms with E-state index >= 15 is 0 Å². The van der Waals surface area contributed by atoms with Crippen LogP contribution >= 0.6 is 0 Å². The second-order valence-corrected chi connectivity index (χ2v) is 3.41. The van der Waals surface area contributed by atoms with E-state index in [0.717, 1.165) is 5.39 Å². The lowest BCUT2D eigenvalue weighted by molar-refractivity contribution is -0.135. The number of anilines is 1. The summed E-state index contributed by atoms with van der Waals surface area (Å²) in [6, 6.07) is 9.09. The van der Waals surface area contributed by atoms with Crippen molar-refractivity contribution in [3.8, 4) is 0 Å². The molecular weight excluding hydrogens is 218 g/mol. The maximum Gasteiger partial charge on any atom is 0.313 e. The van der Waals surface area contributed by atoms with Gasteiger partial charge in [-0.05, 0) is 12.1 Å². The molecule has 0 saturated heterocycles. The van der Waals surface area contributed by atoms with Gasteiger partial charge in [-0.1, -0.05) is 18.2 Å². The van der Waals surface area contributed by atoms with Crippen molar-refractivity contribution in [2.24, 2.45) is 0 Å². The Kier molecular flexibility index (Phi) is 3.00. The Bertz CT molecular complexity index is 575. The zero-order chi connectivity index (χ0) is 12.3. The fourth-order valence-corrected chi connectivity index (χ4v) is 1.50. The number of aromatic nitrogens is 1. The molecule has 17 heavy (non-hydrogen) atoms. The molecule has 0 aliphatic rings. The molecule has 1 aromatic carbocycles.